The molecular formula is C20H24N2O2. The number of aliphatic hydroxyl groups excluding tert-OH is 1. The van der Waals surface area contributed by atoms with E-state index in [1.54, 1.807) is 0 Å². The summed E-state index contributed by atoms with van der Waals surface area (Å²) in [5.74, 6) is -0.0438. The van der Waals surface area contributed by atoms with Crippen LogP contribution in [0.3, 0.4) is 0 Å². The van der Waals surface area contributed by atoms with Crippen molar-refractivity contribution in [3.8, 4) is 0 Å². The number of aliphatic hydroxyl groups is 1. The molecule has 126 valence electrons. The first kappa shape index (κ1) is 16.7. The number of fused-ring (bicyclic) bond motifs is 1. The number of para-hydroxylation sites is 1. The van der Waals surface area contributed by atoms with Gasteiger partial charge in [0.1, 0.15) is 0 Å². The highest BCUT2D eigenvalue weighted by Gasteiger charge is 2.26. The quantitative estimate of drug-likeness (QED) is 0.859. The average molecular weight is 324 g/mol. The summed E-state index contributed by atoms with van der Waals surface area (Å²) in [6.07, 6.45) is 3.23. The van der Waals surface area contributed by atoms with E-state index >= 15 is 0 Å². The van der Waals surface area contributed by atoms with Crippen LogP contribution in [0.2, 0.25) is 0 Å². The zero-order chi connectivity index (χ0) is 16.8. The molecule has 1 atom stereocenters. The van der Waals surface area contributed by atoms with Crippen molar-refractivity contribution in [2.24, 2.45) is 0 Å². The Kier molecular flexibility index (Phi) is 5.62. The molecule has 1 amide bonds. The minimum atomic E-state index is -0.0438. The molecule has 24 heavy (non-hydrogen) atoms. The normalized spacial score (nSPS) is 16.7. The minimum absolute atomic E-state index is 0.0438. The number of benzene rings is 2. The molecule has 1 unspecified atom stereocenters. The smallest absolute Gasteiger partial charge is 0.238 e. The Morgan fingerprint density at radius 1 is 1.12 bits per heavy atom. The van der Waals surface area contributed by atoms with Gasteiger partial charge in [-0.2, -0.15) is 0 Å². The number of anilines is 1. The number of hydrogen-bond acceptors (Lipinski definition) is 3. The molecule has 1 aliphatic carbocycles. The number of hydrogen-bond donors (Lipinski definition) is 2. The van der Waals surface area contributed by atoms with Gasteiger partial charge in [-0.1, -0.05) is 42.5 Å². The van der Waals surface area contributed by atoms with Crippen LogP contribution in [0.4, 0.5) is 5.69 Å². The SMILES string of the molecule is O=C(CN(CCO)C1CCCc2ccccc21)Nc1ccccc1. The molecule has 0 saturated heterocycles. The van der Waals surface area contributed by atoms with Crippen molar-refractivity contribution in [3.63, 3.8) is 0 Å². The number of aryl methyl sites for hydroxylation is 1. The predicted molar refractivity (Wildman–Crippen MR) is 95.9 cm³/mol. The Balaban J connectivity index is 1.72. The molecule has 3 rings (SSSR count). The van der Waals surface area contributed by atoms with Crippen LogP contribution < -0.4 is 5.32 Å². The van der Waals surface area contributed by atoms with Crippen LogP contribution in [0.15, 0.2) is 54.6 Å². The fourth-order valence-corrected chi connectivity index (χ4v) is 3.49. The third kappa shape index (κ3) is 4.02. The van der Waals surface area contributed by atoms with Crippen molar-refractivity contribution in [1.29, 1.82) is 0 Å². The van der Waals surface area contributed by atoms with Crippen LogP contribution in [-0.2, 0) is 11.2 Å². The summed E-state index contributed by atoms with van der Waals surface area (Å²) in [7, 11) is 0. The van der Waals surface area contributed by atoms with Crippen LogP contribution in [0, 0.1) is 0 Å². The van der Waals surface area contributed by atoms with Gasteiger partial charge >= 0.3 is 0 Å². The molecule has 2 aromatic carbocycles. The summed E-state index contributed by atoms with van der Waals surface area (Å²) >= 11 is 0. The van der Waals surface area contributed by atoms with Gasteiger partial charge in [-0.3, -0.25) is 9.69 Å². The lowest BCUT2D eigenvalue weighted by atomic mass is 9.87. The number of carbonyl (C=O) groups excluding carboxylic acids is 1. The number of nitrogens with zero attached hydrogens (tertiary/aromatic N) is 1. The second-order valence-electron chi connectivity index (χ2n) is 6.22. The van der Waals surface area contributed by atoms with E-state index in [0.717, 1.165) is 24.9 Å². The van der Waals surface area contributed by atoms with Crippen molar-refractivity contribution in [3.05, 3.63) is 65.7 Å². The van der Waals surface area contributed by atoms with Crippen molar-refractivity contribution in [1.82, 2.24) is 4.90 Å². The maximum atomic E-state index is 12.4. The maximum absolute atomic E-state index is 12.4. The summed E-state index contributed by atoms with van der Waals surface area (Å²) in [6, 6.07) is 18.1. The molecule has 1 aliphatic rings. The highest BCUT2D eigenvalue weighted by molar-refractivity contribution is 5.92. The van der Waals surface area contributed by atoms with Gasteiger partial charge in [0, 0.05) is 18.3 Å². The van der Waals surface area contributed by atoms with Gasteiger partial charge in [-0.25, -0.2) is 0 Å². The van der Waals surface area contributed by atoms with E-state index in [2.05, 4.69) is 34.5 Å². The van der Waals surface area contributed by atoms with Gasteiger partial charge in [0.25, 0.3) is 0 Å². The molecule has 4 nitrogen and oxygen atoms in total. The first-order chi connectivity index (χ1) is 11.8. The van der Waals surface area contributed by atoms with Crippen molar-refractivity contribution < 1.29 is 9.90 Å². The summed E-state index contributed by atoms with van der Waals surface area (Å²) < 4.78 is 0. The molecule has 0 spiro atoms. The van der Waals surface area contributed by atoms with E-state index in [0.29, 0.717) is 6.54 Å². The second kappa shape index (κ2) is 8.08. The topological polar surface area (TPSA) is 52.6 Å². The van der Waals surface area contributed by atoms with E-state index in [1.807, 2.05) is 30.3 Å². The molecule has 0 saturated carbocycles. The van der Waals surface area contributed by atoms with Crippen LogP contribution >= 0.6 is 0 Å². The molecule has 0 radical (unpaired) electrons. The Morgan fingerprint density at radius 2 is 1.88 bits per heavy atom. The van der Waals surface area contributed by atoms with Gasteiger partial charge < -0.3 is 10.4 Å². The van der Waals surface area contributed by atoms with Gasteiger partial charge in [0.05, 0.1) is 13.2 Å². The Hall–Kier alpha value is -2.17. The van der Waals surface area contributed by atoms with Gasteiger partial charge in [-0.05, 0) is 42.5 Å². The Labute approximate surface area is 143 Å². The van der Waals surface area contributed by atoms with Crippen LogP contribution in [-0.4, -0.2) is 35.6 Å². The summed E-state index contributed by atoms with van der Waals surface area (Å²) in [5.41, 5.74) is 3.46. The van der Waals surface area contributed by atoms with Gasteiger partial charge in [0.2, 0.25) is 5.91 Å². The van der Waals surface area contributed by atoms with Crippen LogP contribution in [0.5, 0.6) is 0 Å². The molecule has 0 aliphatic heterocycles. The highest BCUT2D eigenvalue weighted by atomic mass is 16.3. The van der Waals surface area contributed by atoms with Crippen molar-refractivity contribution in [2.45, 2.75) is 25.3 Å². The van der Waals surface area contributed by atoms with E-state index in [1.165, 1.54) is 11.1 Å². The van der Waals surface area contributed by atoms with Crippen molar-refractivity contribution >= 4 is 11.6 Å². The Morgan fingerprint density at radius 3 is 2.67 bits per heavy atom. The molecule has 0 bridgehead atoms. The zero-order valence-corrected chi connectivity index (χ0v) is 13.8. The van der Waals surface area contributed by atoms with E-state index in [-0.39, 0.29) is 25.1 Å². The number of nitrogens with one attached hydrogen (secondary N) is 1. The van der Waals surface area contributed by atoms with Crippen LogP contribution in [0.1, 0.15) is 30.0 Å². The Bertz CT molecular complexity index is 672. The highest BCUT2D eigenvalue weighted by Crippen LogP contribution is 2.33. The van der Waals surface area contributed by atoms with E-state index in [9.17, 15) is 9.90 Å². The largest absolute Gasteiger partial charge is 0.395 e. The lowest BCUT2D eigenvalue weighted by Gasteiger charge is -2.35. The average Bonchev–Trinajstić information content (AvgIpc) is 2.62. The van der Waals surface area contributed by atoms with Crippen molar-refractivity contribution in [2.75, 3.05) is 25.0 Å². The maximum Gasteiger partial charge on any atom is 0.238 e. The third-order valence-corrected chi connectivity index (χ3v) is 4.57. The fourth-order valence-electron chi connectivity index (χ4n) is 3.49. The zero-order valence-electron chi connectivity index (χ0n) is 13.8. The molecule has 4 heteroatoms. The standard InChI is InChI=1S/C20H24N2O2/c23-14-13-22(15-20(24)21-17-9-2-1-3-10-17)19-12-6-8-16-7-4-5-11-18(16)19/h1-5,7,9-11,19,23H,6,8,12-15H2,(H,21,24). The molecule has 2 aromatic rings. The lowest BCUT2D eigenvalue weighted by molar-refractivity contribution is -0.118. The monoisotopic (exact) mass is 324 g/mol. The van der Waals surface area contributed by atoms with Gasteiger partial charge in [0.15, 0.2) is 0 Å². The predicted octanol–water partition coefficient (Wildman–Crippen LogP) is 3.00. The first-order valence-corrected chi connectivity index (χ1v) is 8.55. The van der Waals surface area contributed by atoms with Crippen LogP contribution in [0.25, 0.3) is 0 Å². The molecule has 0 aromatic heterocycles. The third-order valence-electron chi connectivity index (χ3n) is 4.57. The van der Waals surface area contributed by atoms with E-state index in [4.69, 9.17) is 0 Å². The lowest BCUT2D eigenvalue weighted by Crippen LogP contribution is -2.39. The molecule has 0 fully saturated rings. The van der Waals surface area contributed by atoms with E-state index < -0.39 is 0 Å². The minimum Gasteiger partial charge on any atom is -0.395 e. The fraction of sp³-hybridized carbons (Fsp3) is 0.350. The number of rotatable bonds is 6. The number of amides is 1. The summed E-state index contributed by atoms with van der Waals surface area (Å²) in [5, 5.41) is 12.4. The first-order valence-electron chi connectivity index (χ1n) is 8.55. The number of carbonyl (C=O) groups is 1. The summed E-state index contributed by atoms with van der Waals surface area (Å²) in [4.78, 5) is 14.5. The second-order valence-corrected chi connectivity index (χ2v) is 6.22. The molecule has 2 N–H and O–H groups in total. The summed E-state index contributed by atoms with van der Waals surface area (Å²) in [6.45, 7) is 0.840. The molecular weight excluding hydrogens is 300 g/mol. The molecule has 0 heterocycles. The van der Waals surface area contributed by atoms with Gasteiger partial charge in [-0.15, -0.1) is 0 Å².